The fraction of sp³-hybridized carbons (Fsp3) is 0.350. The van der Waals surface area contributed by atoms with Crippen molar-refractivity contribution in [2.24, 2.45) is 0 Å². The molecule has 0 spiro atoms. The van der Waals surface area contributed by atoms with Crippen LogP contribution in [-0.4, -0.2) is 31.7 Å². The molecule has 2 aromatic rings. The van der Waals surface area contributed by atoms with Gasteiger partial charge in [-0.2, -0.15) is 0 Å². The Bertz CT molecular complexity index is 648. The number of anilines is 1. The van der Waals surface area contributed by atoms with Gasteiger partial charge >= 0.3 is 0 Å². The molecule has 1 atom stereocenters. The summed E-state index contributed by atoms with van der Waals surface area (Å²) in [6, 6.07) is 15.3. The molecule has 0 heterocycles. The number of hydrogen-bond donors (Lipinski definition) is 2. The van der Waals surface area contributed by atoms with Gasteiger partial charge in [-0.25, -0.2) is 0 Å². The zero-order valence-electron chi connectivity index (χ0n) is 14.6. The van der Waals surface area contributed by atoms with E-state index in [0.29, 0.717) is 5.56 Å². The molecule has 128 valence electrons. The Kier molecular flexibility index (Phi) is 6.38. The van der Waals surface area contributed by atoms with Crippen LogP contribution >= 0.6 is 0 Å². The molecule has 2 aromatic carbocycles. The third kappa shape index (κ3) is 4.83. The van der Waals surface area contributed by atoms with Crippen molar-refractivity contribution in [3.05, 3.63) is 65.2 Å². The Morgan fingerprint density at radius 2 is 1.71 bits per heavy atom. The Hall–Kier alpha value is -2.33. The molecule has 1 unspecified atom stereocenters. The topological polar surface area (TPSA) is 52.6 Å². The zero-order chi connectivity index (χ0) is 17.5. The van der Waals surface area contributed by atoms with E-state index in [1.54, 1.807) is 0 Å². The monoisotopic (exact) mass is 326 g/mol. The van der Waals surface area contributed by atoms with Gasteiger partial charge in [-0.15, -0.1) is 0 Å². The lowest BCUT2D eigenvalue weighted by atomic mass is 10.1. The summed E-state index contributed by atoms with van der Waals surface area (Å²) in [5, 5.41) is 13.0. The Morgan fingerprint density at radius 3 is 2.25 bits per heavy atom. The molecule has 0 bridgehead atoms. The molecule has 0 aliphatic carbocycles. The molecule has 4 heteroatoms. The lowest BCUT2D eigenvalue weighted by Gasteiger charge is -2.16. The molecule has 24 heavy (non-hydrogen) atoms. The predicted octanol–water partition coefficient (Wildman–Crippen LogP) is 3.17. The van der Waals surface area contributed by atoms with Crippen molar-refractivity contribution in [3.63, 3.8) is 0 Å². The summed E-state index contributed by atoms with van der Waals surface area (Å²) in [7, 11) is 3.94. The summed E-state index contributed by atoms with van der Waals surface area (Å²) in [6.45, 7) is 2.32. The number of aliphatic hydroxyl groups excluding tert-OH is 1. The van der Waals surface area contributed by atoms with E-state index >= 15 is 0 Å². The molecular weight excluding hydrogens is 300 g/mol. The van der Waals surface area contributed by atoms with E-state index < -0.39 is 6.10 Å². The van der Waals surface area contributed by atoms with Crippen molar-refractivity contribution in [1.29, 1.82) is 0 Å². The summed E-state index contributed by atoms with van der Waals surface area (Å²) in [4.78, 5) is 14.2. The third-order valence-electron chi connectivity index (χ3n) is 4.01. The van der Waals surface area contributed by atoms with Crippen LogP contribution in [0.1, 0.15) is 40.9 Å². The van der Waals surface area contributed by atoms with Crippen LogP contribution in [0.15, 0.2) is 48.5 Å². The van der Waals surface area contributed by atoms with Gasteiger partial charge in [0.25, 0.3) is 5.91 Å². The first kappa shape index (κ1) is 18.0. The number of aliphatic hydroxyl groups is 1. The van der Waals surface area contributed by atoms with Crippen LogP contribution in [0.3, 0.4) is 0 Å². The lowest BCUT2D eigenvalue weighted by molar-refractivity contribution is 0.0916. The van der Waals surface area contributed by atoms with E-state index in [4.69, 9.17) is 0 Å². The number of amides is 1. The first-order chi connectivity index (χ1) is 11.5. The number of carbonyl (C=O) groups is 1. The highest BCUT2D eigenvalue weighted by Gasteiger charge is 2.11. The van der Waals surface area contributed by atoms with Gasteiger partial charge < -0.3 is 15.3 Å². The molecule has 2 N–H and O–H groups in total. The van der Waals surface area contributed by atoms with E-state index in [9.17, 15) is 9.90 Å². The Morgan fingerprint density at radius 1 is 1.08 bits per heavy atom. The minimum atomic E-state index is -0.718. The molecule has 0 aliphatic heterocycles. The molecule has 0 fully saturated rings. The van der Waals surface area contributed by atoms with E-state index in [1.165, 1.54) is 5.56 Å². The average molecular weight is 326 g/mol. The average Bonchev–Trinajstić information content (AvgIpc) is 2.60. The SMILES string of the molecule is CCCc1ccc(C(=O)NCC(O)c2ccc(N(C)C)cc2)cc1. The number of hydrogen-bond acceptors (Lipinski definition) is 3. The standard InChI is InChI=1S/C20H26N2O2/c1-4-5-15-6-8-17(9-7-15)20(24)21-14-19(23)16-10-12-18(13-11-16)22(2)3/h6-13,19,23H,4-5,14H2,1-3H3,(H,21,24). The first-order valence-electron chi connectivity index (χ1n) is 8.33. The van der Waals surface area contributed by atoms with Gasteiger partial charge in [-0.1, -0.05) is 37.6 Å². The van der Waals surface area contributed by atoms with Crippen molar-refractivity contribution < 1.29 is 9.90 Å². The summed E-state index contributed by atoms with van der Waals surface area (Å²) < 4.78 is 0. The fourth-order valence-electron chi connectivity index (χ4n) is 2.52. The van der Waals surface area contributed by atoms with Gasteiger partial charge in [0.2, 0.25) is 0 Å². The first-order valence-corrected chi connectivity index (χ1v) is 8.33. The van der Waals surface area contributed by atoms with Crippen LogP contribution in [0.25, 0.3) is 0 Å². The molecule has 2 rings (SSSR count). The molecular formula is C20H26N2O2. The number of carbonyl (C=O) groups excluding carboxylic acids is 1. The van der Waals surface area contributed by atoms with Gasteiger partial charge in [0.15, 0.2) is 0 Å². The van der Waals surface area contributed by atoms with Crippen molar-refractivity contribution in [2.45, 2.75) is 25.9 Å². The maximum Gasteiger partial charge on any atom is 0.251 e. The van der Waals surface area contributed by atoms with Crippen LogP contribution in [-0.2, 0) is 6.42 Å². The van der Waals surface area contributed by atoms with Gasteiger partial charge in [-0.05, 0) is 41.8 Å². The second kappa shape index (κ2) is 8.50. The van der Waals surface area contributed by atoms with E-state index in [1.807, 2.05) is 67.5 Å². The summed E-state index contributed by atoms with van der Waals surface area (Å²) in [5.74, 6) is -0.165. The van der Waals surface area contributed by atoms with Gasteiger partial charge in [0.05, 0.1) is 6.10 Å². The predicted molar refractivity (Wildman–Crippen MR) is 98.5 cm³/mol. The number of nitrogens with one attached hydrogen (secondary N) is 1. The van der Waals surface area contributed by atoms with Gasteiger partial charge in [0, 0.05) is 31.9 Å². The number of aryl methyl sites for hydroxylation is 1. The van der Waals surface area contributed by atoms with Crippen LogP contribution in [0, 0.1) is 0 Å². The fourth-order valence-corrected chi connectivity index (χ4v) is 2.52. The van der Waals surface area contributed by atoms with Crippen molar-refractivity contribution >= 4 is 11.6 Å². The summed E-state index contributed by atoms with van der Waals surface area (Å²) >= 11 is 0. The molecule has 0 aromatic heterocycles. The summed E-state index contributed by atoms with van der Waals surface area (Å²) in [6.07, 6.45) is 1.39. The number of nitrogens with zero attached hydrogens (tertiary/aromatic N) is 1. The van der Waals surface area contributed by atoms with Crippen LogP contribution in [0.2, 0.25) is 0 Å². The number of rotatable bonds is 7. The molecule has 0 saturated heterocycles. The quantitative estimate of drug-likeness (QED) is 0.822. The molecule has 0 saturated carbocycles. The highest BCUT2D eigenvalue weighted by Crippen LogP contribution is 2.17. The van der Waals surface area contributed by atoms with Gasteiger partial charge in [-0.3, -0.25) is 4.79 Å². The lowest BCUT2D eigenvalue weighted by Crippen LogP contribution is -2.28. The van der Waals surface area contributed by atoms with Crippen molar-refractivity contribution in [3.8, 4) is 0 Å². The maximum atomic E-state index is 12.2. The second-order valence-corrected chi connectivity index (χ2v) is 6.16. The highest BCUT2D eigenvalue weighted by atomic mass is 16.3. The normalized spacial score (nSPS) is 11.8. The molecule has 0 aliphatic rings. The van der Waals surface area contributed by atoms with E-state index in [-0.39, 0.29) is 12.5 Å². The largest absolute Gasteiger partial charge is 0.387 e. The third-order valence-corrected chi connectivity index (χ3v) is 4.01. The minimum Gasteiger partial charge on any atom is -0.387 e. The second-order valence-electron chi connectivity index (χ2n) is 6.16. The molecule has 4 nitrogen and oxygen atoms in total. The maximum absolute atomic E-state index is 12.2. The Labute approximate surface area is 144 Å². The van der Waals surface area contributed by atoms with Crippen molar-refractivity contribution in [1.82, 2.24) is 5.32 Å². The Balaban J connectivity index is 1.90. The minimum absolute atomic E-state index is 0.165. The molecule has 0 radical (unpaired) electrons. The summed E-state index contributed by atoms with van der Waals surface area (Å²) in [5.41, 5.74) is 3.71. The van der Waals surface area contributed by atoms with Crippen LogP contribution < -0.4 is 10.2 Å². The van der Waals surface area contributed by atoms with Crippen molar-refractivity contribution in [2.75, 3.05) is 25.5 Å². The highest BCUT2D eigenvalue weighted by molar-refractivity contribution is 5.94. The van der Waals surface area contributed by atoms with Crippen LogP contribution in [0.5, 0.6) is 0 Å². The van der Waals surface area contributed by atoms with E-state index in [2.05, 4.69) is 12.2 Å². The smallest absolute Gasteiger partial charge is 0.251 e. The van der Waals surface area contributed by atoms with Crippen LogP contribution in [0.4, 0.5) is 5.69 Å². The van der Waals surface area contributed by atoms with Gasteiger partial charge in [0.1, 0.15) is 0 Å². The molecule has 1 amide bonds. The zero-order valence-corrected chi connectivity index (χ0v) is 14.6. The van der Waals surface area contributed by atoms with E-state index in [0.717, 1.165) is 24.1 Å². The number of benzene rings is 2.